The molecule has 2 N–H and O–H groups in total. The van der Waals surface area contributed by atoms with Crippen molar-refractivity contribution in [1.82, 2.24) is 20.5 Å². The van der Waals surface area contributed by atoms with Crippen LogP contribution in [0, 0.1) is 6.92 Å². The van der Waals surface area contributed by atoms with Gasteiger partial charge in [0.2, 0.25) is 0 Å². The van der Waals surface area contributed by atoms with E-state index in [2.05, 4.69) is 56.6 Å². The molecule has 4 atom stereocenters. The van der Waals surface area contributed by atoms with Gasteiger partial charge in [-0.1, -0.05) is 18.2 Å². The number of benzene rings is 2. The molecule has 3 aromatic rings. The Bertz CT molecular complexity index is 1480. The lowest BCUT2D eigenvalue weighted by atomic mass is 9.96. The summed E-state index contributed by atoms with van der Waals surface area (Å²) in [5.74, 6) is 0.788. The van der Waals surface area contributed by atoms with Crippen molar-refractivity contribution in [3.8, 4) is 0 Å². The lowest BCUT2D eigenvalue weighted by Crippen LogP contribution is -2.50. The van der Waals surface area contributed by atoms with Gasteiger partial charge in [0.15, 0.2) is 0 Å². The first-order valence-corrected chi connectivity index (χ1v) is 16.3. The highest BCUT2D eigenvalue weighted by Crippen LogP contribution is 2.39. The van der Waals surface area contributed by atoms with E-state index in [1.54, 1.807) is 6.20 Å². The molecule has 1 aromatic heterocycles. The summed E-state index contributed by atoms with van der Waals surface area (Å²) >= 11 is 0. The van der Waals surface area contributed by atoms with Crippen LogP contribution in [-0.2, 0) is 0 Å². The van der Waals surface area contributed by atoms with E-state index in [4.69, 9.17) is 4.98 Å². The third-order valence-corrected chi connectivity index (χ3v) is 9.98. The number of amides is 2. The number of carbonyl (C=O) groups is 2. The van der Waals surface area contributed by atoms with Crippen molar-refractivity contribution in [1.29, 1.82) is 0 Å². The van der Waals surface area contributed by atoms with Gasteiger partial charge in [-0.3, -0.25) is 9.59 Å². The number of pyridine rings is 1. The minimum Gasteiger partial charge on any atom is -0.377 e. The highest BCUT2D eigenvalue weighted by atomic mass is 16.2. The second-order valence-corrected chi connectivity index (χ2v) is 13.3. The maximum atomic E-state index is 13.3. The van der Waals surface area contributed by atoms with Gasteiger partial charge in [-0.15, -0.1) is 0 Å². The molecular formula is C36H47N7O2. The number of aromatic nitrogens is 1. The molecule has 2 amide bonds. The fourth-order valence-electron chi connectivity index (χ4n) is 7.36. The van der Waals surface area contributed by atoms with Crippen molar-refractivity contribution in [2.45, 2.75) is 63.7 Å². The monoisotopic (exact) mass is 609 g/mol. The molecule has 0 spiro atoms. The summed E-state index contributed by atoms with van der Waals surface area (Å²) in [5, 5.41) is 6.47. The number of piperazine rings is 1. The average Bonchev–Trinajstić information content (AvgIpc) is 3.31. The number of rotatable bonds is 8. The largest absolute Gasteiger partial charge is 0.377 e. The molecule has 3 aliphatic heterocycles. The molecule has 2 aromatic carbocycles. The lowest BCUT2D eigenvalue weighted by molar-refractivity contribution is 0.0922. The number of carbonyl (C=O) groups excluding carboxylic acids is 2. The molecule has 4 heterocycles. The summed E-state index contributed by atoms with van der Waals surface area (Å²) in [6.45, 7) is 8.25. The Labute approximate surface area is 267 Å². The van der Waals surface area contributed by atoms with Crippen LogP contribution in [0.25, 0.3) is 0 Å². The standard InChI is InChI=1S/C36H47N7O2/c1-24-32(7-6-8-33(24)40(3)4)36(45)39-28-21-30-14-15-31(22-28)43(30)34-16-11-27(23-37-34)35(44)38-25(2)26-9-12-29(13-10-26)42-19-17-41(5)18-20-42/h6-13,16,23,25,28,30-31H,14-15,17-22H2,1-5H3,(H,38,44)(H,39,45)/t25-,28-,30+,31-/m0/s1. The van der Waals surface area contributed by atoms with E-state index in [0.717, 1.165) is 80.1 Å². The predicted molar refractivity (Wildman–Crippen MR) is 182 cm³/mol. The quantitative estimate of drug-likeness (QED) is 0.386. The van der Waals surface area contributed by atoms with Gasteiger partial charge in [-0.2, -0.15) is 0 Å². The van der Waals surface area contributed by atoms with Crippen LogP contribution >= 0.6 is 0 Å². The third-order valence-electron chi connectivity index (χ3n) is 9.98. The van der Waals surface area contributed by atoms with Crippen molar-refractivity contribution >= 4 is 29.0 Å². The van der Waals surface area contributed by atoms with E-state index in [0.29, 0.717) is 17.6 Å². The Morgan fingerprint density at radius 3 is 2.22 bits per heavy atom. The van der Waals surface area contributed by atoms with Crippen LogP contribution in [0.4, 0.5) is 17.2 Å². The number of likely N-dealkylation sites (N-methyl/N-ethyl adjacent to an activating group) is 1. The van der Waals surface area contributed by atoms with Crippen LogP contribution in [-0.4, -0.2) is 87.1 Å². The van der Waals surface area contributed by atoms with Crippen molar-refractivity contribution in [2.75, 3.05) is 62.0 Å². The molecule has 0 aliphatic carbocycles. The van der Waals surface area contributed by atoms with Crippen LogP contribution < -0.4 is 25.3 Å². The highest BCUT2D eigenvalue weighted by molar-refractivity contribution is 5.97. The number of fused-ring (bicyclic) bond motifs is 2. The molecule has 9 heteroatoms. The fraction of sp³-hybridized carbons (Fsp3) is 0.472. The van der Waals surface area contributed by atoms with Crippen molar-refractivity contribution in [2.24, 2.45) is 0 Å². The molecular weight excluding hydrogens is 562 g/mol. The summed E-state index contributed by atoms with van der Waals surface area (Å²) in [7, 11) is 6.16. The fourth-order valence-corrected chi connectivity index (χ4v) is 7.36. The number of anilines is 3. The molecule has 0 saturated carbocycles. The topological polar surface area (TPSA) is 84.0 Å². The van der Waals surface area contributed by atoms with Gasteiger partial charge in [-0.05, 0) is 94.1 Å². The van der Waals surface area contributed by atoms with E-state index >= 15 is 0 Å². The van der Waals surface area contributed by atoms with Gasteiger partial charge < -0.3 is 30.2 Å². The zero-order valence-electron chi connectivity index (χ0n) is 27.3. The zero-order valence-corrected chi connectivity index (χ0v) is 27.3. The Morgan fingerprint density at radius 1 is 0.911 bits per heavy atom. The van der Waals surface area contributed by atoms with Crippen LogP contribution in [0.15, 0.2) is 60.8 Å². The predicted octanol–water partition coefficient (Wildman–Crippen LogP) is 4.63. The molecule has 45 heavy (non-hydrogen) atoms. The minimum atomic E-state index is -0.122. The van der Waals surface area contributed by atoms with Gasteiger partial charge in [0.25, 0.3) is 11.8 Å². The van der Waals surface area contributed by atoms with Crippen LogP contribution in [0.5, 0.6) is 0 Å². The first-order chi connectivity index (χ1) is 21.7. The Kier molecular flexibility index (Phi) is 8.99. The van der Waals surface area contributed by atoms with E-state index in [1.165, 1.54) is 5.69 Å². The van der Waals surface area contributed by atoms with E-state index in [9.17, 15) is 9.59 Å². The molecule has 238 valence electrons. The second-order valence-electron chi connectivity index (χ2n) is 13.3. The van der Waals surface area contributed by atoms with Crippen LogP contribution in [0.1, 0.15) is 70.5 Å². The maximum absolute atomic E-state index is 13.3. The van der Waals surface area contributed by atoms with Crippen LogP contribution in [0.2, 0.25) is 0 Å². The van der Waals surface area contributed by atoms with E-state index < -0.39 is 0 Å². The summed E-state index contributed by atoms with van der Waals surface area (Å²) in [6.07, 6.45) is 5.65. The lowest BCUT2D eigenvalue weighted by Gasteiger charge is -2.40. The van der Waals surface area contributed by atoms with Gasteiger partial charge in [0.05, 0.1) is 11.6 Å². The third kappa shape index (κ3) is 6.64. The first kappa shape index (κ1) is 30.9. The zero-order chi connectivity index (χ0) is 31.7. The van der Waals surface area contributed by atoms with Crippen molar-refractivity contribution < 1.29 is 9.59 Å². The summed E-state index contributed by atoms with van der Waals surface area (Å²) in [4.78, 5) is 40.4. The number of hydrogen-bond donors (Lipinski definition) is 2. The van der Waals surface area contributed by atoms with Crippen molar-refractivity contribution in [3.63, 3.8) is 0 Å². The maximum Gasteiger partial charge on any atom is 0.253 e. The Hall–Kier alpha value is -4.11. The Balaban J connectivity index is 1.04. The average molecular weight is 610 g/mol. The molecule has 2 bridgehead atoms. The highest BCUT2D eigenvalue weighted by Gasteiger charge is 2.42. The molecule has 9 nitrogen and oxygen atoms in total. The van der Waals surface area contributed by atoms with Crippen molar-refractivity contribution in [3.05, 3.63) is 83.0 Å². The van der Waals surface area contributed by atoms with Gasteiger partial charge >= 0.3 is 0 Å². The number of nitrogens with one attached hydrogen (secondary N) is 2. The SMILES string of the molecule is Cc1c(C(=O)N[C@H]2C[C@H]3CC[C@@H](C2)N3c2ccc(C(=O)N[C@@H](C)c3ccc(N4CCN(C)CC4)cc3)cn2)cccc1N(C)C. The van der Waals surface area contributed by atoms with E-state index in [-0.39, 0.29) is 23.9 Å². The summed E-state index contributed by atoms with van der Waals surface area (Å²) < 4.78 is 0. The first-order valence-electron chi connectivity index (χ1n) is 16.3. The summed E-state index contributed by atoms with van der Waals surface area (Å²) in [5.41, 5.74) is 5.68. The number of hydrogen-bond acceptors (Lipinski definition) is 7. The van der Waals surface area contributed by atoms with Crippen LogP contribution in [0.3, 0.4) is 0 Å². The molecule has 0 radical (unpaired) electrons. The second kappa shape index (κ2) is 13.1. The van der Waals surface area contributed by atoms with E-state index in [1.807, 2.05) is 63.2 Å². The molecule has 0 unspecified atom stereocenters. The molecule has 3 aliphatic rings. The normalized spacial score (nSPS) is 22.2. The number of nitrogens with zero attached hydrogens (tertiary/aromatic N) is 5. The van der Waals surface area contributed by atoms with Gasteiger partial charge in [0.1, 0.15) is 5.82 Å². The molecule has 6 rings (SSSR count). The smallest absolute Gasteiger partial charge is 0.253 e. The van der Waals surface area contributed by atoms with Gasteiger partial charge in [-0.25, -0.2) is 4.98 Å². The minimum absolute atomic E-state index is 0.00254. The summed E-state index contributed by atoms with van der Waals surface area (Å²) in [6, 6.07) is 19.0. The molecule has 3 saturated heterocycles. The Morgan fingerprint density at radius 2 is 1.60 bits per heavy atom. The molecule has 3 fully saturated rings. The number of piperidine rings is 1. The van der Waals surface area contributed by atoms with Gasteiger partial charge in [0, 0.05) is 81.5 Å².